The maximum atomic E-state index is 12.6. The van der Waals surface area contributed by atoms with E-state index in [0.29, 0.717) is 16.5 Å². The van der Waals surface area contributed by atoms with Gasteiger partial charge in [0.1, 0.15) is 18.3 Å². The number of aliphatic hydroxyl groups excluding tert-OH is 1. The third kappa shape index (κ3) is 4.46. The van der Waals surface area contributed by atoms with Crippen molar-refractivity contribution in [2.24, 2.45) is 0 Å². The molecule has 2 aromatic heterocycles. The Morgan fingerprint density at radius 3 is 2.82 bits per heavy atom. The van der Waals surface area contributed by atoms with Crippen molar-refractivity contribution in [3.8, 4) is 17.2 Å². The number of H-pyrrole nitrogens is 1. The molecule has 2 aliphatic heterocycles. The number of nitrogens with one attached hydrogen (secondary N) is 1. The summed E-state index contributed by atoms with van der Waals surface area (Å²) < 4.78 is 18.1. The first kappa shape index (κ1) is 25.0. The number of nitrogens with two attached hydrogens (primary N) is 1. The fourth-order valence-electron chi connectivity index (χ4n) is 4.54. The molecule has 0 spiro atoms. The molecule has 2 fully saturated rings. The minimum Gasteiger partial charge on any atom is -0.386 e. The van der Waals surface area contributed by atoms with Crippen LogP contribution in [0.4, 0.5) is 5.95 Å². The Morgan fingerprint density at radius 1 is 1.24 bits per heavy atom. The van der Waals surface area contributed by atoms with Gasteiger partial charge in [0.25, 0.3) is 5.56 Å². The van der Waals surface area contributed by atoms with Crippen molar-refractivity contribution in [1.82, 2.24) is 19.5 Å². The first-order valence-corrected chi connectivity index (χ1v) is 13.7. The van der Waals surface area contributed by atoms with Gasteiger partial charge < -0.3 is 29.5 Å². The van der Waals surface area contributed by atoms with Crippen LogP contribution in [0.5, 0.6) is 0 Å². The average Bonchev–Trinajstić information content (AvgIpc) is 3.44. The maximum Gasteiger partial charge on any atom is 0.330 e. The first-order chi connectivity index (χ1) is 18.4. The van der Waals surface area contributed by atoms with Crippen molar-refractivity contribution in [3.63, 3.8) is 0 Å². The molecule has 38 heavy (non-hydrogen) atoms. The SMILES string of the molecule is N#Cc1ccccc1-c1ccc(CSc2nc3c(=O)[nH]c(N)nc3n2C2OC3COP(O)OC3C2O)cc1. The summed E-state index contributed by atoms with van der Waals surface area (Å²) in [5, 5.41) is 20.8. The van der Waals surface area contributed by atoms with E-state index in [1.807, 2.05) is 42.5 Å². The number of thioether (sulfide) groups is 1. The number of rotatable bonds is 5. The summed E-state index contributed by atoms with van der Waals surface area (Å²) in [6.07, 6.45) is -3.62. The Kier molecular flexibility index (Phi) is 6.63. The monoisotopic (exact) mass is 552 g/mol. The zero-order valence-corrected chi connectivity index (χ0v) is 21.3. The highest BCUT2D eigenvalue weighted by molar-refractivity contribution is 7.98. The summed E-state index contributed by atoms with van der Waals surface area (Å²) in [4.78, 5) is 33.5. The highest BCUT2D eigenvalue weighted by Gasteiger charge is 2.50. The van der Waals surface area contributed by atoms with E-state index in [1.165, 1.54) is 16.3 Å². The molecule has 2 aliphatic rings. The molecular weight excluding hydrogens is 531 g/mol. The number of aromatic amines is 1. The molecule has 2 saturated heterocycles. The van der Waals surface area contributed by atoms with Crippen molar-refractivity contribution in [3.05, 3.63) is 70.0 Å². The molecule has 5 atom stereocenters. The fourth-order valence-corrected chi connectivity index (χ4v) is 6.32. The molecular formula is C24H21N6O6PS. The van der Waals surface area contributed by atoms with Gasteiger partial charge in [-0.3, -0.25) is 14.3 Å². The molecule has 0 bridgehead atoms. The molecule has 6 rings (SSSR count). The smallest absolute Gasteiger partial charge is 0.330 e. The van der Waals surface area contributed by atoms with Crippen LogP contribution in [-0.4, -0.2) is 54.4 Å². The number of aromatic nitrogens is 4. The van der Waals surface area contributed by atoms with Crippen LogP contribution in [0.3, 0.4) is 0 Å². The normalized spacial score (nSPS) is 24.8. The zero-order chi connectivity index (χ0) is 26.4. The molecule has 0 saturated carbocycles. The Balaban J connectivity index is 1.31. The molecule has 0 radical (unpaired) electrons. The quantitative estimate of drug-likeness (QED) is 0.211. The summed E-state index contributed by atoms with van der Waals surface area (Å²) in [5.74, 6) is 0.380. The largest absolute Gasteiger partial charge is 0.386 e. The molecule has 5 unspecified atom stereocenters. The Bertz CT molecular complexity index is 1600. The van der Waals surface area contributed by atoms with Crippen LogP contribution < -0.4 is 11.3 Å². The second-order valence-electron chi connectivity index (χ2n) is 8.69. The van der Waals surface area contributed by atoms with Crippen molar-refractivity contribution >= 4 is 37.5 Å². The molecule has 2 aromatic carbocycles. The third-order valence-corrected chi connectivity index (χ3v) is 8.16. The van der Waals surface area contributed by atoms with Crippen LogP contribution in [0.15, 0.2) is 58.5 Å². The molecule has 14 heteroatoms. The number of hydrogen-bond donors (Lipinski definition) is 4. The summed E-state index contributed by atoms with van der Waals surface area (Å²) in [5.41, 5.74) is 8.84. The standard InChI is InChI=1S/C24H21N6O6PS/c25-9-14-3-1-2-4-15(14)13-7-5-12(6-8-13)11-38-24-27-17-20(28-23(26)29-21(17)32)30(24)22-18(31)19-16(35-22)10-34-37(33)36-19/h1-8,16,18-19,22,31,33H,10-11H2,(H3,26,28,29,32). The maximum absolute atomic E-state index is 12.6. The van der Waals surface area contributed by atoms with Gasteiger partial charge >= 0.3 is 8.60 Å². The number of imidazole rings is 1. The van der Waals surface area contributed by atoms with Crippen LogP contribution in [0.25, 0.3) is 22.3 Å². The fraction of sp³-hybridized carbons (Fsp3) is 0.250. The van der Waals surface area contributed by atoms with Gasteiger partial charge in [-0.1, -0.05) is 54.2 Å². The molecule has 5 N–H and O–H groups in total. The highest BCUT2D eigenvalue weighted by atomic mass is 32.2. The molecule has 0 aliphatic carbocycles. The van der Waals surface area contributed by atoms with Crippen LogP contribution in [0.2, 0.25) is 0 Å². The third-order valence-electron chi connectivity index (χ3n) is 6.34. The van der Waals surface area contributed by atoms with Gasteiger partial charge in [-0.15, -0.1) is 0 Å². The number of benzene rings is 2. The average molecular weight is 553 g/mol. The van der Waals surface area contributed by atoms with Crippen molar-refractivity contribution < 1.29 is 23.8 Å². The molecule has 12 nitrogen and oxygen atoms in total. The second-order valence-corrected chi connectivity index (χ2v) is 10.6. The predicted molar refractivity (Wildman–Crippen MR) is 139 cm³/mol. The Labute approximate surface area is 221 Å². The predicted octanol–water partition coefficient (Wildman–Crippen LogP) is 2.43. The van der Waals surface area contributed by atoms with Gasteiger partial charge in [0.05, 0.1) is 18.2 Å². The summed E-state index contributed by atoms with van der Waals surface area (Å²) in [6, 6.07) is 17.4. The van der Waals surface area contributed by atoms with Gasteiger partial charge in [0.15, 0.2) is 22.5 Å². The van der Waals surface area contributed by atoms with Crippen LogP contribution in [0, 0.1) is 11.3 Å². The summed E-state index contributed by atoms with van der Waals surface area (Å²) in [6.45, 7) is 0.0486. The summed E-state index contributed by atoms with van der Waals surface area (Å²) >= 11 is 1.33. The van der Waals surface area contributed by atoms with Crippen molar-refractivity contribution in [1.29, 1.82) is 5.26 Å². The van der Waals surface area contributed by atoms with E-state index in [0.717, 1.165) is 16.7 Å². The Morgan fingerprint density at radius 2 is 2.03 bits per heavy atom. The van der Waals surface area contributed by atoms with E-state index in [1.54, 1.807) is 6.07 Å². The lowest BCUT2D eigenvalue weighted by molar-refractivity contribution is -0.0614. The van der Waals surface area contributed by atoms with Gasteiger partial charge in [0, 0.05) is 5.75 Å². The van der Waals surface area contributed by atoms with E-state index < -0.39 is 38.7 Å². The molecule has 0 amide bonds. The summed E-state index contributed by atoms with van der Waals surface area (Å²) in [7, 11) is -2.12. The van der Waals surface area contributed by atoms with E-state index in [-0.39, 0.29) is 23.7 Å². The topological polar surface area (TPSA) is 182 Å². The molecule has 194 valence electrons. The van der Waals surface area contributed by atoms with Crippen molar-refractivity contribution in [2.45, 2.75) is 35.4 Å². The highest BCUT2D eigenvalue weighted by Crippen LogP contribution is 2.47. The Hall–Kier alpha value is -3.34. The van der Waals surface area contributed by atoms with Crippen molar-refractivity contribution in [2.75, 3.05) is 12.3 Å². The van der Waals surface area contributed by atoms with E-state index in [9.17, 15) is 20.1 Å². The van der Waals surface area contributed by atoms with E-state index in [2.05, 4.69) is 21.0 Å². The molecule has 4 aromatic rings. The number of ether oxygens (including phenoxy) is 1. The lowest BCUT2D eigenvalue weighted by Gasteiger charge is -2.27. The van der Waals surface area contributed by atoms with Gasteiger partial charge in [0.2, 0.25) is 5.95 Å². The number of nitriles is 1. The number of anilines is 1. The van der Waals surface area contributed by atoms with Gasteiger partial charge in [-0.25, -0.2) is 4.98 Å². The van der Waals surface area contributed by atoms with Crippen LogP contribution >= 0.6 is 20.4 Å². The lowest BCUT2D eigenvalue weighted by Crippen LogP contribution is -2.38. The first-order valence-electron chi connectivity index (χ1n) is 11.5. The number of fused-ring (bicyclic) bond motifs is 2. The van der Waals surface area contributed by atoms with Gasteiger partial charge in [-0.05, 0) is 22.8 Å². The van der Waals surface area contributed by atoms with Crippen LogP contribution in [-0.2, 0) is 19.5 Å². The van der Waals surface area contributed by atoms with E-state index >= 15 is 0 Å². The van der Waals surface area contributed by atoms with E-state index in [4.69, 9.17) is 19.5 Å². The number of nitrogen functional groups attached to an aromatic ring is 1. The number of hydrogen-bond acceptors (Lipinski definition) is 11. The second kappa shape index (κ2) is 10.1. The number of aliphatic hydroxyl groups is 1. The zero-order valence-electron chi connectivity index (χ0n) is 19.6. The number of nitrogens with zero attached hydrogens (tertiary/aromatic N) is 4. The van der Waals surface area contributed by atoms with Crippen LogP contribution in [0.1, 0.15) is 17.4 Å². The minimum atomic E-state index is -2.12. The molecule has 4 heterocycles. The van der Waals surface area contributed by atoms with Gasteiger partial charge in [-0.2, -0.15) is 10.2 Å². The lowest BCUT2D eigenvalue weighted by atomic mass is 10.00. The minimum absolute atomic E-state index is 0.0486.